The fourth-order valence-electron chi connectivity index (χ4n) is 5.49. The van der Waals surface area contributed by atoms with Crippen LogP contribution in [-0.4, -0.2) is 16.8 Å². The molecule has 1 aliphatic heterocycles. The Balaban J connectivity index is 1.56. The zero-order valence-corrected chi connectivity index (χ0v) is 17.4. The van der Waals surface area contributed by atoms with E-state index in [1.54, 1.807) is 0 Å². The molecule has 1 aromatic heterocycles. The number of hydrogen-bond acceptors (Lipinski definition) is 2. The molecule has 1 saturated heterocycles. The number of imide groups is 1. The lowest BCUT2D eigenvalue weighted by Gasteiger charge is -2.29. The van der Waals surface area contributed by atoms with Crippen LogP contribution in [0, 0.1) is 5.92 Å². The summed E-state index contributed by atoms with van der Waals surface area (Å²) in [6, 6.07) is 17.7. The number of para-hydroxylation sites is 2. The maximum atomic E-state index is 13.5. The normalized spacial score (nSPS) is 23.1. The predicted octanol–water partition coefficient (Wildman–Crippen LogP) is 5.90. The van der Waals surface area contributed by atoms with E-state index in [2.05, 4.69) is 30.1 Å². The van der Waals surface area contributed by atoms with Crippen LogP contribution < -0.4 is 4.90 Å². The van der Waals surface area contributed by atoms with Gasteiger partial charge in [0.2, 0.25) is 11.8 Å². The number of nitrogens with zero attached hydrogens (tertiary/aromatic N) is 1. The first-order chi connectivity index (χ1) is 14.7. The van der Waals surface area contributed by atoms with Crippen molar-refractivity contribution in [3.8, 4) is 0 Å². The quantitative estimate of drug-likeness (QED) is 0.414. The van der Waals surface area contributed by atoms with Crippen LogP contribution in [0.15, 0.2) is 54.6 Å². The second-order valence-electron chi connectivity index (χ2n) is 8.71. The van der Waals surface area contributed by atoms with Crippen LogP contribution in [-0.2, 0) is 9.59 Å². The van der Waals surface area contributed by atoms with Crippen molar-refractivity contribution in [3.05, 3.63) is 65.9 Å². The van der Waals surface area contributed by atoms with Gasteiger partial charge in [0, 0.05) is 16.6 Å². The highest BCUT2D eigenvalue weighted by Gasteiger charge is 2.53. The summed E-state index contributed by atoms with van der Waals surface area (Å²) in [4.78, 5) is 31.8. The third kappa shape index (κ3) is 2.97. The number of benzene rings is 2. The molecule has 0 saturated carbocycles. The maximum Gasteiger partial charge on any atom is 0.243 e. The van der Waals surface area contributed by atoms with Gasteiger partial charge in [0.25, 0.3) is 0 Å². The lowest BCUT2D eigenvalue weighted by molar-refractivity contribution is -0.122. The van der Waals surface area contributed by atoms with E-state index in [-0.39, 0.29) is 17.7 Å². The smallest absolute Gasteiger partial charge is 0.243 e. The molecule has 154 valence electrons. The van der Waals surface area contributed by atoms with E-state index < -0.39 is 5.92 Å². The largest absolute Gasteiger partial charge is 0.357 e. The van der Waals surface area contributed by atoms with Crippen LogP contribution in [0.2, 0.25) is 0 Å². The molecule has 2 aliphatic rings. The summed E-state index contributed by atoms with van der Waals surface area (Å²) < 4.78 is 0. The highest BCUT2D eigenvalue weighted by atomic mass is 16.2. The lowest BCUT2D eigenvalue weighted by Crippen LogP contribution is -2.30. The molecule has 1 N–H and O–H groups in total. The van der Waals surface area contributed by atoms with Crippen molar-refractivity contribution >= 4 is 28.4 Å². The second-order valence-corrected chi connectivity index (χ2v) is 8.71. The highest BCUT2D eigenvalue weighted by Crippen LogP contribution is 2.51. The van der Waals surface area contributed by atoms with Gasteiger partial charge in [-0.1, -0.05) is 69.0 Å². The van der Waals surface area contributed by atoms with Crippen molar-refractivity contribution in [1.82, 2.24) is 4.98 Å². The molecule has 0 radical (unpaired) electrons. The van der Waals surface area contributed by atoms with Crippen molar-refractivity contribution in [1.29, 1.82) is 0 Å². The minimum absolute atomic E-state index is 0.0425. The van der Waals surface area contributed by atoms with Crippen LogP contribution >= 0.6 is 0 Å². The topological polar surface area (TPSA) is 53.2 Å². The van der Waals surface area contributed by atoms with Crippen molar-refractivity contribution in [2.45, 2.75) is 57.3 Å². The van der Waals surface area contributed by atoms with E-state index >= 15 is 0 Å². The van der Waals surface area contributed by atoms with Gasteiger partial charge in [-0.3, -0.25) is 9.59 Å². The van der Waals surface area contributed by atoms with Crippen LogP contribution in [0.5, 0.6) is 0 Å². The summed E-state index contributed by atoms with van der Waals surface area (Å²) in [5.74, 6) is -0.476. The minimum Gasteiger partial charge on any atom is -0.357 e. The fraction of sp³-hybridized carbons (Fsp3) is 0.385. The number of carbonyl (C=O) groups is 2. The van der Waals surface area contributed by atoms with Crippen LogP contribution in [0.25, 0.3) is 10.9 Å². The van der Waals surface area contributed by atoms with Gasteiger partial charge < -0.3 is 4.98 Å². The van der Waals surface area contributed by atoms with Gasteiger partial charge in [0.05, 0.1) is 17.5 Å². The van der Waals surface area contributed by atoms with Crippen LogP contribution in [0.4, 0.5) is 5.69 Å². The summed E-state index contributed by atoms with van der Waals surface area (Å²) in [5.41, 5.74) is 4.00. The molecule has 0 unspecified atom stereocenters. The van der Waals surface area contributed by atoms with Crippen LogP contribution in [0.3, 0.4) is 0 Å². The predicted molar refractivity (Wildman–Crippen MR) is 120 cm³/mol. The fourth-order valence-corrected chi connectivity index (χ4v) is 5.49. The van der Waals surface area contributed by atoms with E-state index in [9.17, 15) is 9.59 Å². The van der Waals surface area contributed by atoms with Gasteiger partial charge in [0.15, 0.2) is 0 Å². The first-order valence-electron chi connectivity index (χ1n) is 11.2. The first-order valence-corrected chi connectivity index (χ1v) is 11.2. The van der Waals surface area contributed by atoms with Crippen LogP contribution in [0.1, 0.15) is 68.5 Å². The van der Waals surface area contributed by atoms with E-state index in [1.165, 1.54) is 41.5 Å². The third-order valence-electron chi connectivity index (χ3n) is 6.88. The Morgan fingerprint density at radius 2 is 1.70 bits per heavy atom. The number of fused-ring (bicyclic) bond motifs is 5. The molecule has 0 spiro atoms. The molecular formula is C26H28N2O2. The highest BCUT2D eigenvalue weighted by molar-refractivity contribution is 6.24. The zero-order chi connectivity index (χ0) is 20.7. The summed E-state index contributed by atoms with van der Waals surface area (Å²) in [7, 11) is 0. The number of hydrogen-bond donors (Lipinski definition) is 1. The monoisotopic (exact) mass is 400 g/mol. The van der Waals surface area contributed by atoms with Gasteiger partial charge >= 0.3 is 0 Å². The Morgan fingerprint density at radius 3 is 2.50 bits per heavy atom. The number of H-pyrrole nitrogens is 1. The standard InChI is InChI=1S/C26H28N2O2/c1-2-3-4-6-11-17-16-20-23(24-22(17)19-14-9-10-15-21(19)27-24)26(30)28(25(20)29)18-12-7-5-8-13-18/h5,7-10,12-15,17,20,23,27H,2-4,6,11,16H2,1H3/t17-,20+,23+/m0/s1. The SMILES string of the molecule is CCCCCC[C@H]1C[C@H]2C(=O)N(c3ccccc3)C(=O)[C@H]2c2[nH]c3ccccc3c21. The number of carbonyl (C=O) groups excluding carboxylic acids is 2. The molecule has 2 heterocycles. The Labute approximate surface area is 177 Å². The van der Waals surface area contributed by atoms with Gasteiger partial charge in [0.1, 0.15) is 0 Å². The van der Waals surface area contributed by atoms with E-state index in [0.29, 0.717) is 11.6 Å². The lowest BCUT2D eigenvalue weighted by atomic mass is 9.72. The van der Waals surface area contributed by atoms with Crippen molar-refractivity contribution < 1.29 is 9.59 Å². The first kappa shape index (κ1) is 19.1. The molecule has 1 fully saturated rings. The van der Waals surface area contributed by atoms with Gasteiger partial charge in [-0.25, -0.2) is 4.90 Å². The second kappa shape index (κ2) is 7.75. The molecule has 2 aromatic carbocycles. The number of aromatic nitrogens is 1. The number of rotatable bonds is 6. The van der Waals surface area contributed by atoms with Gasteiger partial charge in [-0.05, 0) is 42.5 Å². The summed E-state index contributed by atoms with van der Waals surface area (Å²) in [6.07, 6.45) is 6.69. The van der Waals surface area contributed by atoms with Gasteiger partial charge in [-0.15, -0.1) is 0 Å². The molecular weight excluding hydrogens is 372 g/mol. The average Bonchev–Trinajstić information content (AvgIpc) is 3.27. The van der Waals surface area contributed by atoms with E-state index in [4.69, 9.17) is 0 Å². The Kier molecular flexibility index (Phi) is 4.93. The summed E-state index contributed by atoms with van der Waals surface area (Å²) >= 11 is 0. The van der Waals surface area contributed by atoms with Crippen molar-refractivity contribution in [2.24, 2.45) is 5.92 Å². The number of unbranched alkanes of at least 4 members (excludes halogenated alkanes) is 3. The molecule has 3 aromatic rings. The Morgan fingerprint density at radius 1 is 0.933 bits per heavy atom. The number of aromatic amines is 1. The molecule has 4 nitrogen and oxygen atoms in total. The molecule has 30 heavy (non-hydrogen) atoms. The summed E-state index contributed by atoms with van der Waals surface area (Å²) in [6.45, 7) is 2.23. The molecule has 1 aliphatic carbocycles. The maximum absolute atomic E-state index is 13.5. The van der Waals surface area contributed by atoms with E-state index in [0.717, 1.165) is 24.1 Å². The summed E-state index contributed by atoms with van der Waals surface area (Å²) in [5, 5.41) is 1.21. The number of nitrogens with one attached hydrogen (secondary N) is 1. The molecule has 2 amide bonds. The van der Waals surface area contributed by atoms with Gasteiger partial charge in [-0.2, -0.15) is 0 Å². The zero-order valence-electron chi connectivity index (χ0n) is 17.4. The molecule has 3 atom stereocenters. The van der Waals surface area contributed by atoms with Crippen molar-refractivity contribution in [3.63, 3.8) is 0 Å². The Hall–Kier alpha value is -2.88. The minimum atomic E-state index is -0.396. The number of amides is 2. The van der Waals surface area contributed by atoms with Crippen molar-refractivity contribution in [2.75, 3.05) is 4.90 Å². The number of anilines is 1. The van der Waals surface area contributed by atoms with E-state index in [1.807, 2.05) is 36.4 Å². The average molecular weight is 401 g/mol. The molecule has 0 bridgehead atoms. The molecule has 5 rings (SSSR count). The Bertz CT molecular complexity index is 1080. The molecule has 4 heteroatoms. The third-order valence-corrected chi connectivity index (χ3v) is 6.88.